The van der Waals surface area contributed by atoms with Crippen LogP contribution in [0.2, 0.25) is 0 Å². The van der Waals surface area contributed by atoms with Gasteiger partial charge in [-0.15, -0.1) is 45.8 Å². The molecule has 26 aromatic rings. The number of rotatable bonds is 8. The molecule has 0 aliphatic rings. The fourth-order valence-corrected chi connectivity index (χ4v) is 22.1. The Bertz CT molecular complexity index is 8880. The molecule has 0 unspecified atom stereocenters. The number of benzene rings is 6. The smallest absolute Gasteiger partial charge is 0.155 e. The number of allylic oxidation sites excluding steroid dienone is 8. The number of hydrogen-bond acceptors (Lipinski definition) is 20. The van der Waals surface area contributed by atoms with E-state index in [2.05, 4.69) is 239 Å². The first-order valence-corrected chi connectivity index (χ1v) is 46.4. The van der Waals surface area contributed by atoms with Gasteiger partial charge in [-0.05, 0) is 196 Å². The average molecular weight is 2610 g/mol. The van der Waals surface area contributed by atoms with Crippen molar-refractivity contribution in [3.05, 3.63) is 338 Å². The number of pyridine rings is 8. The Morgan fingerprint density at radius 2 is 0.597 bits per heavy atom. The molecule has 0 saturated heterocycles. The number of aliphatic hydroxyl groups is 4. The number of fused-ring (bicyclic) bond motifs is 26. The van der Waals surface area contributed by atoms with E-state index in [0.29, 0.717) is 0 Å². The Hall–Kier alpha value is -13.5. The van der Waals surface area contributed by atoms with E-state index in [9.17, 15) is 19.2 Å². The standard InChI is InChI=1S/2C25H14N3S.C21H12N3S.C20H10N3S.4C5H8O2.4Ir/c1-14-6-7-20-19(12-14)23-24-17(9-11-27-23)18-13-21(29-25(18)28(20)24)22-16-5-3-2-4-15(16)8-10-26-22;1-14-6-7-21-17(10-14)19-12-26-13-20-18-11-22(29-25(18)28(21)24(19)20)23-16-5-3-2-4-15(16)8-9-27-23;1-12-5-6-18-13(8-12)15-10-22-11-16-14-9-19(17-4-2-3-7-23-17)25-21(14)24(18)20(15)16;1-2-7-16-13(5-1)18-19-12(8-10-22-18)14-11-17(24-20(14)23(16)19)15-6-3-4-9-21-15;4*1-4(6)3-5(2)7;;;;/h2-12H,1H3;2-10,12-13H,1H3;2-8,10-11H,1H3;1-10H;4*3,6H,1-2H3;;;;/q4*-1;;;;;;;;. The van der Waals surface area contributed by atoms with E-state index in [0.717, 1.165) is 85.6 Å². The number of aromatic nitrogens is 12. The zero-order chi connectivity index (χ0) is 93.9. The molecule has 0 aliphatic carbocycles. The summed E-state index contributed by atoms with van der Waals surface area (Å²) in [5, 5.41) is 54.9. The Morgan fingerprint density at radius 3 is 0.971 bits per heavy atom. The summed E-state index contributed by atoms with van der Waals surface area (Å²) < 4.78 is 9.43. The van der Waals surface area contributed by atoms with Crippen LogP contribution >= 0.6 is 45.3 Å². The maximum Gasteiger partial charge on any atom is 0.155 e. The quantitative estimate of drug-likeness (QED) is 0.0625. The van der Waals surface area contributed by atoms with Crippen molar-refractivity contribution in [1.82, 2.24) is 57.5 Å². The van der Waals surface area contributed by atoms with E-state index in [1.165, 1.54) is 224 Å². The third kappa shape index (κ3) is 19.4. The second-order valence-corrected chi connectivity index (χ2v) is 36.9. The summed E-state index contributed by atoms with van der Waals surface area (Å²) in [5.74, 6) is -0.250. The number of ketones is 4. The van der Waals surface area contributed by atoms with Crippen LogP contribution in [0.1, 0.15) is 72.1 Å². The fourth-order valence-electron chi connectivity index (χ4n) is 17.6. The van der Waals surface area contributed by atoms with Crippen LogP contribution in [0.5, 0.6) is 0 Å². The zero-order valence-electron chi connectivity index (χ0n) is 76.2. The molecule has 4 N–H and O–H groups in total. The summed E-state index contributed by atoms with van der Waals surface area (Å²) in [6, 6.07) is 80.0. The second-order valence-electron chi connectivity index (χ2n) is 32.9. The van der Waals surface area contributed by atoms with E-state index in [-0.39, 0.29) is 127 Å². The van der Waals surface area contributed by atoms with Crippen molar-refractivity contribution in [2.75, 3.05) is 0 Å². The van der Waals surface area contributed by atoms with Crippen LogP contribution in [0.15, 0.2) is 297 Å². The van der Waals surface area contributed by atoms with Gasteiger partial charge in [0.2, 0.25) is 0 Å². The molecular formula is C111H82Ir4N12O8S4-4. The van der Waals surface area contributed by atoms with E-state index in [4.69, 9.17) is 35.4 Å². The Morgan fingerprint density at radius 1 is 0.288 bits per heavy atom. The molecule has 20 aromatic heterocycles. The van der Waals surface area contributed by atoms with Crippen LogP contribution in [0.3, 0.4) is 0 Å². The van der Waals surface area contributed by atoms with Gasteiger partial charge in [0, 0.05) is 273 Å². The third-order valence-electron chi connectivity index (χ3n) is 22.7. The average Bonchev–Trinajstić information content (AvgIpc) is 1.55. The fraction of sp³-hybridized carbons (Fsp3) is 0.0991. The molecule has 0 aliphatic heterocycles. The van der Waals surface area contributed by atoms with E-state index >= 15 is 0 Å². The van der Waals surface area contributed by atoms with Gasteiger partial charge in [-0.1, -0.05) is 160 Å². The molecule has 26 rings (SSSR count). The molecule has 0 saturated carbocycles. The molecule has 0 fully saturated rings. The van der Waals surface area contributed by atoms with Gasteiger partial charge in [0.15, 0.2) is 23.1 Å². The first kappa shape index (κ1) is 99.9. The minimum atomic E-state index is -0.125. The van der Waals surface area contributed by atoms with Crippen molar-refractivity contribution >= 4 is 240 Å². The van der Waals surface area contributed by atoms with E-state index < -0.39 is 0 Å². The molecule has 20 heterocycles. The summed E-state index contributed by atoms with van der Waals surface area (Å²) in [7, 11) is 0. The third-order valence-corrected chi connectivity index (χ3v) is 27.1. The molecular weight excluding hydrogens is 2530 g/mol. The predicted molar refractivity (Wildman–Crippen MR) is 553 cm³/mol. The first-order valence-electron chi connectivity index (χ1n) is 43.2. The number of hydrogen-bond donors (Lipinski definition) is 4. The number of nitrogens with zero attached hydrogens (tertiary/aromatic N) is 12. The Labute approximate surface area is 865 Å². The van der Waals surface area contributed by atoms with Crippen molar-refractivity contribution in [1.29, 1.82) is 0 Å². The van der Waals surface area contributed by atoms with Crippen molar-refractivity contribution in [2.24, 2.45) is 0 Å². The van der Waals surface area contributed by atoms with Crippen molar-refractivity contribution in [2.45, 2.75) is 76.2 Å². The maximum absolute atomic E-state index is 10.0. The second kappa shape index (κ2) is 42.0. The van der Waals surface area contributed by atoms with E-state index in [1.807, 2.05) is 98.4 Å². The number of para-hydroxylation sites is 1. The van der Waals surface area contributed by atoms with Gasteiger partial charge in [0.05, 0.1) is 34.1 Å². The van der Waals surface area contributed by atoms with Gasteiger partial charge in [0.25, 0.3) is 0 Å². The Kier molecular flexibility index (Phi) is 30.2. The predicted octanol–water partition coefficient (Wildman–Crippen LogP) is 28.0. The minimum absolute atomic E-state index is 0. The summed E-state index contributed by atoms with van der Waals surface area (Å²) in [6.07, 6.45) is 23.8. The van der Waals surface area contributed by atoms with Gasteiger partial charge in [0.1, 0.15) is 0 Å². The zero-order valence-corrected chi connectivity index (χ0v) is 89.1. The molecule has 6 aromatic carbocycles. The van der Waals surface area contributed by atoms with Gasteiger partial charge in [-0.3, -0.25) is 39.1 Å². The molecule has 0 bridgehead atoms. The molecule has 4 radical (unpaired) electrons. The molecule has 20 nitrogen and oxygen atoms in total. The van der Waals surface area contributed by atoms with Gasteiger partial charge in [-0.2, -0.15) is 45.3 Å². The number of aryl methyl sites for hydroxylation is 3. The van der Waals surface area contributed by atoms with Gasteiger partial charge < -0.3 is 58.0 Å². The number of carbonyl (C=O) groups is 4. The molecule has 28 heteroatoms. The van der Waals surface area contributed by atoms with Crippen molar-refractivity contribution in [3.8, 4) is 42.3 Å². The molecule has 139 heavy (non-hydrogen) atoms. The maximum atomic E-state index is 10.0. The SMILES string of the molecule is CC(=O)C=C(C)O.CC(=O)C=C(C)O.CC(=O)C=C(C)O.CC(=O)C=C(C)O.Cc1ccc2c(c1)c1cncc3c4[c-]c(-c5ccccn5)sc4n2c31.Cc1ccc2c(c1)c1cncc3c4[c-]c(-c5nccc6ccccc56)sc4n2c31.Cc1ccc2c(c1)c1nccc3c4[c-]c(-c5nccc6ccccc56)sc4n2c31.[Ir].[Ir].[Ir].[Ir].[c-]1c(-c2ccccn2)sc2c1c1ccnc3c4ccccc4n2c13. The normalized spacial score (nSPS) is 11.7. The summed E-state index contributed by atoms with van der Waals surface area (Å²) in [4.78, 5) is 86.0. The Balaban J connectivity index is 0.000000128. The van der Waals surface area contributed by atoms with E-state index in [1.54, 1.807) is 45.3 Å². The number of carbonyl (C=O) groups excluding carboxylic acids is 4. The topological polar surface area (TPSA) is 270 Å². The van der Waals surface area contributed by atoms with Crippen LogP contribution in [-0.4, -0.2) is 101 Å². The van der Waals surface area contributed by atoms with Gasteiger partial charge in [-0.25, -0.2) is 0 Å². The monoisotopic (exact) mass is 2610 g/mol. The summed E-state index contributed by atoms with van der Waals surface area (Å²) in [5.41, 5.74) is 19.6. The van der Waals surface area contributed by atoms with Crippen LogP contribution in [-0.2, 0) is 99.6 Å². The van der Waals surface area contributed by atoms with Crippen LogP contribution in [0, 0.1) is 45.0 Å². The summed E-state index contributed by atoms with van der Waals surface area (Å²) in [6.45, 7) is 17.8. The molecule has 0 spiro atoms. The van der Waals surface area contributed by atoms with Crippen LogP contribution in [0.4, 0.5) is 0 Å². The molecule has 0 atom stereocenters. The van der Waals surface area contributed by atoms with Crippen molar-refractivity contribution in [3.63, 3.8) is 0 Å². The van der Waals surface area contributed by atoms with Crippen molar-refractivity contribution < 1.29 is 120 Å². The molecule has 698 valence electrons. The van der Waals surface area contributed by atoms with Crippen LogP contribution < -0.4 is 0 Å². The van der Waals surface area contributed by atoms with Crippen LogP contribution in [0.25, 0.3) is 214 Å². The first-order chi connectivity index (χ1) is 65.3. The minimum Gasteiger partial charge on any atom is -0.512 e. The van der Waals surface area contributed by atoms with Gasteiger partial charge >= 0.3 is 0 Å². The largest absolute Gasteiger partial charge is 0.512 e. The number of thiophene rings is 4. The molecule has 0 amide bonds. The summed E-state index contributed by atoms with van der Waals surface area (Å²) >= 11 is 7.01. The number of aliphatic hydroxyl groups excluding tert-OH is 4.